The van der Waals surface area contributed by atoms with Crippen LogP contribution in [0.1, 0.15) is 24.3 Å². The van der Waals surface area contributed by atoms with Crippen LogP contribution in [0.4, 0.5) is 5.69 Å². The van der Waals surface area contributed by atoms with Gasteiger partial charge in [0.05, 0.1) is 10.8 Å². The van der Waals surface area contributed by atoms with Crippen LogP contribution in [0.5, 0.6) is 0 Å². The summed E-state index contributed by atoms with van der Waals surface area (Å²) in [4.78, 5) is 17.1. The number of sulfonamides is 1. The van der Waals surface area contributed by atoms with Crippen LogP contribution in [0.15, 0.2) is 51.9 Å². The van der Waals surface area contributed by atoms with E-state index >= 15 is 0 Å². The second kappa shape index (κ2) is 9.01. The number of piperidine rings is 1. The van der Waals surface area contributed by atoms with Gasteiger partial charge in [0, 0.05) is 36.3 Å². The van der Waals surface area contributed by atoms with Crippen molar-refractivity contribution in [3.8, 4) is 11.4 Å². The van der Waals surface area contributed by atoms with Crippen molar-refractivity contribution < 1.29 is 17.7 Å². The van der Waals surface area contributed by atoms with Gasteiger partial charge in [-0.05, 0) is 49.6 Å². The zero-order valence-corrected chi connectivity index (χ0v) is 19.3. The Bertz CT molecular complexity index is 1260. The van der Waals surface area contributed by atoms with Crippen molar-refractivity contribution in [1.82, 2.24) is 14.4 Å². The molecule has 32 heavy (non-hydrogen) atoms. The van der Waals surface area contributed by atoms with E-state index in [0.717, 1.165) is 0 Å². The Labute approximate surface area is 191 Å². The number of carbonyl (C=O) groups is 1. The fourth-order valence-electron chi connectivity index (χ4n) is 3.76. The minimum Gasteiger partial charge on any atom is -0.339 e. The number of hydrogen-bond donors (Lipinski definition) is 1. The Morgan fingerprint density at radius 1 is 1.22 bits per heavy atom. The smallest absolute Gasteiger partial charge is 0.243 e. The molecule has 1 amide bonds. The molecule has 1 N–H and O–H groups in total. The van der Waals surface area contributed by atoms with Gasteiger partial charge in [-0.1, -0.05) is 35.0 Å². The highest BCUT2D eigenvalue weighted by Crippen LogP contribution is 2.29. The molecule has 1 atom stereocenters. The molecule has 0 radical (unpaired) electrons. The molecule has 3 aromatic rings. The van der Waals surface area contributed by atoms with Gasteiger partial charge in [0.25, 0.3) is 0 Å². The molecule has 1 aromatic heterocycles. The van der Waals surface area contributed by atoms with Gasteiger partial charge in [-0.2, -0.15) is 9.29 Å². The zero-order valence-electron chi connectivity index (χ0n) is 17.7. The molecule has 8 nitrogen and oxygen atoms in total. The quantitative estimate of drug-likeness (QED) is 0.598. The van der Waals surface area contributed by atoms with Crippen molar-refractivity contribution in [3.05, 3.63) is 58.9 Å². The number of halogens is 1. The van der Waals surface area contributed by atoms with Gasteiger partial charge < -0.3 is 9.84 Å². The molecule has 4 rings (SSSR count). The van der Waals surface area contributed by atoms with Crippen LogP contribution >= 0.6 is 11.6 Å². The Morgan fingerprint density at radius 2 is 2.03 bits per heavy atom. The normalized spacial score (nSPS) is 17.3. The summed E-state index contributed by atoms with van der Waals surface area (Å²) in [6, 6.07) is 11.9. The summed E-state index contributed by atoms with van der Waals surface area (Å²) >= 11 is 5.98. The maximum absolute atomic E-state index is 13.5. The summed E-state index contributed by atoms with van der Waals surface area (Å²) in [5.74, 6) is 0.0479. The maximum Gasteiger partial charge on any atom is 0.243 e. The predicted molar refractivity (Wildman–Crippen MR) is 121 cm³/mol. The molecule has 0 spiro atoms. The average molecular weight is 475 g/mol. The Morgan fingerprint density at radius 3 is 2.75 bits per heavy atom. The average Bonchev–Trinajstić information content (AvgIpc) is 3.20. The molecule has 1 saturated heterocycles. The van der Waals surface area contributed by atoms with Crippen molar-refractivity contribution in [2.24, 2.45) is 5.92 Å². The van der Waals surface area contributed by atoms with Crippen molar-refractivity contribution >= 4 is 33.2 Å². The van der Waals surface area contributed by atoms with E-state index in [0.29, 0.717) is 52.9 Å². The zero-order chi connectivity index (χ0) is 22.9. The number of carbonyl (C=O) groups excluding carboxylic acids is 1. The summed E-state index contributed by atoms with van der Waals surface area (Å²) in [5.41, 5.74) is 1.75. The van der Waals surface area contributed by atoms with Gasteiger partial charge in [0.2, 0.25) is 27.6 Å². The number of anilines is 1. The molecule has 0 unspecified atom stereocenters. The van der Waals surface area contributed by atoms with Crippen LogP contribution in [0.3, 0.4) is 0 Å². The summed E-state index contributed by atoms with van der Waals surface area (Å²) in [7, 11) is -3.82. The lowest BCUT2D eigenvalue weighted by molar-refractivity contribution is -0.120. The lowest BCUT2D eigenvalue weighted by Gasteiger charge is -2.31. The molecular weight excluding hydrogens is 452 g/mol. The van der Waals surface area contributed by atoms with E-state index in [9.17, 15) is 13.2 Å². The molecular formula is C22H23ClN4O4S. The first-order valence-corrected chi connectivity index (χ1v) is 12.0. The number of nitrogens with zero attached hydrogens (tertiary/aromatic N) is 3. The van der Waals surface area contributed by atoms with Crippen molar-refractivity contribution in [1.29, 1.82) is 0 Å². The third-order valence-electron chi connectivity index (χ3n) is 5.44. The number of amides is 1. The first kappa shape index (κ1) is 22.4. The summed E-state index contributed by atoms with van der Waals surface area (Å²) in [5, 5.41) is 7.23. The first-order valence-electron chi connectivity index (χ1n) is 10.2. The van der Waals surface area contributed by atoms with E-state index in [1.165, 1.54) is 4.31 Å². The molecule has 168 valence electrons. The van der Waals surface area contributed by atoms with Gasteiger partial charge in [0.1, 0.15) is 0 Å². The van der Waals surface area contributed by atoms with Crippen molar-refractivity contribution in [2.75, 3.05) is 18.4 Å². The highest BCUT2D eigenvalue weighted by molar-refractivity contribution is 7.89. The van der Waals surface area contributed by atoms with Crippen molar-refractivity contribution in [3.63, 3.8) is 0 Å². The molecule has 0 aliphatic carbocycles. The van der Waals surface area contributed by atoms with Gasteiger partial charge in [-0.25, -0.2) is 8.42 Å². The van der Waals surface area contributed by atoms with Crippen LogP contribution in [0.25, 0.3) is 11.4 Å². The van der Waals surface area contributed by atoms with Crippen molar-refractivity contribution in [2.45, 2.75) is 31.6 Å². The second-order valence-corrected chi connectivity index (χ2v) is 10.2. The summed E-state index contributed by atoms with van der Waals surface area (Å²) < 4.78 is 33.4. The molecule has 1 fully saturated rings. The van der Waals surface area contributed by atoms with Gasteiger partial charge >= 0.3 is 0 Å². The molecule has 1 aliphatic rings. The van der Waals surface area contributed by atoms with Crippen LogP contribution < -0.4 is 5.32 Å². The molecule has 0 bridgehead atoms. The highest BCUT2D eigenvalue weighted by atomic mass is 35.5. The van der Waals surface area contributed by atoms with Gasteiger partial charge in [-0.3, -0.25) is 4.79 Å². The van der Waals surface area contributed by atoms with Gasteiger partial charge in [0.15, 0.2) is 0 Å². The lowest BCUT2D eigenvalue weighted by Crippen LogP contribution is -2.43. The Hall–Kier alpha value is -2.75. The Balaban J connectivity index is 1.55. The predicted octanol–water partition coefficient (Wildman–Crippen LogP) is 4.05. The summed E-state index contributed by atoms with van der Waals surface area (Å²) in [6.45, 7) is 3.88. The van der Waals surface area contributed by atoms with E-state index in [4.69, 9.17) is 16.1 Å². The molecule has 2 aromatic carbocycles. The fourth-order valence-corrected chi connectivity index (χ4v) is 5.72. The topological polar surface area (TPSA) is 105 Å². The maximum atomic E-state index is 13.5. The van der Waals surface area contributed by atoms with E-state index in [-0.39, 0.29) is 17.3 Å². The lowest BCUT2D eigenvalue weighted by atomic mass is 9.99. The molecule has 10 heteroatoms. The minimum atomic E-state index is -3.82. The van der Waals surface area contributed by atoms with Crippen LogP contribution in [-0.2, 0) is 14.8 Å². The SMILES string of the molecule is Cc1nc(-c2ccc(C)c(S(=O)(=O)N3CCC[C@@H](C(=O)Nc4cccc(Cl)c4)C3)c2)no1. The number of aromatic nitrogens is 2. The standard InChI is InChI=1S/C22H23ClN4O4S/c1-14-8-9-16(21-24-15(2)31-26-21)11-20(14)32(29,30)27-10-4-5-17(13-27)22(28)25-19-7-3-6-18(23)12-19/h3,6-9,11-12,17H,4-5,10,13H2,1-2H3,(H,25,28)/t17-/m1/s1. The Kier molecular flexibility index (Phi) is 6.32. The van der Waals surface area contributed by atoms with Crippen LogP contribution in [0, 0.1) is 19.8 Å². The number of aryl methyl sites for hydroxylation is 2. The number of rotatable bonds is 5. The second-order valence-electron chi connectivity index (χ2n) is 7.82. The van der Waals surface area contributed by atoms with E-state index in [1.807, 2.05) is 0 Å². The van der Waals surface area contributed by atoms with Gasteiger partial charge in [-0.15, -0.1) is 0 Å². The monoisotopic (exact) mass is 474 g/mol. The minimum absolute atomic E-state index is 0.111. The molecule has 2 heterocycles. The van der Waals surface area contributed by atoms with E-state index in [2.05, 4.69) is 15.5 Å². The number of hydrogen-bond acceptors (Lipinski definition) is 6. The van der Waals surface area contributed by atoms with E-state index < -0.39 is 15.9 Å². The first-order chi connectivity index (χ1) is 15.2. The fraction of sp³-hybridized carbons (Fsp3) is 0.318. The number of benzene rings is 2. The molecule has 0 saturated carbocycles. The van der Waals surface area contributed by atoms with Crippen LogP contribution in [0.2, 0.25) is 5.02 Å². The third kappa shape index (κ3) is 4.69. The van der Waals surface area contributed by atoms with Crippen LogP contribution in [-0.4, -0.2) is 41.9 Å². The summed E-state index contributed by atoms with van der Waals surface area (Å²) in [6.07, 6.45) is 1.20. The largest absolute Gasteiger partial charge is 0.339 e. The molecule has 1 aliphatic heterocycles. The third-order valence-corrected chi connectivity index (χ3v) is 7.68. The number of nitrogens with one attached hydrogen (secondary N) is 1. The van der Waals surface area contributed by atoms with E-state index in [1.54, 1.807) is 56.3 Å². The highest BCUT2D eigenvalue weighted by Gasteiger charge is 2.34.